The molecule has 1 unspecified atom stereocenters. The third-order valence-corrected chi connectivity index (χ3v) is 5.19. The fraction of sp³-hybridized carbons (Fsp3) is 0.429. The van der Waals surface area contributed by atoms with E-state index in [9.17, 15) is 18.0 Å². The number of amides is 1. The number of carbonyl (C=O) groups excluding carboxylic acids is 1. The Morgan fingerprint density at radius 1 is 1.32 bits per heavy atom. The second kappa shape index (κ2) is 10.5. The molecule has 0 fully saturated rings. The molecule has 0 aromatic carbocycles. The van der Waals surface area contributed by atoms with Gasteiger partial charge in [-0.2, -0.15) is 23.4 Å². The first-order valence-corrected chi connectivity index (χ1v) is 10.4. The number of furan rings is 1. The maximum atomic E-state index is 12.0. The van der Waals surface area contributed by atoms with Crippen LogP contribution in [0.1, 0.15) is 40.1 Å². The predicted octanol–water partition coefficient (Wildman–Crippen LogP) is 2.53. The minimum Gasteiger partial charge on any atom is -0.475 e. The number of carbonyl (C=O) groups is 2. The van der Waals surface area contributed by atoms with Crippen LogP contribution in [0.5, 0.6) is 0 Å². The summed E-state index contributed by atoms with van der Waals surface area (Å²) in [7, 11) is 1.98. The molecule has 2 N–H and O–H groups in total. The lowest BCUT2D eigenvalue weighted by molar-refractivity contribution is -0.192. The number of aliphatic carboxylic acids is 1. The molecule has 0 bridgehead atoms. The normalized spacial score (nSPS) is 15.9. The number of nitrogens with one attached hydrogen (secondary N) is 1. The number of carboxylic acids is 1. The van der Waals surface area contributed by atoms with Crippen molar-refractivity contribution in [2.24, 2.45) is 7.05 Å². The van der Waals surface area contributed by atoms with E-state index >= 15 is 0 Å². The lowest BCUT2D eigenvalue weighted by Gasteiger charge is -2.34. The van der Waals surface area contributed by atoms with Gasteiger partial charge in [-0.05, 0) is 37.6 Å². The summed E-state index contributed by atoms with van der Waals surface area (Å²) < 4.78 is 40.9. The Hall–Kier alpha value is -3.61. The number of alkyl halides is 3. The van der Waals surface area contributed by atoms with Crippen molar-refractivity contribution in [2.75, 3.05) is 13.1 Å². The van der Waals surface area contributed by atoms with Crippen LogP contribution in [0, 0.1) is 6.92 Å². The van der Waals surface area contributed by atoms with Gasteiger partial charge >= 0.3 is 12.1 Å². The summed E-state index contributed by atoms with van der Waals surface area (Å²) in [5, 5.41) is 19.0. The van der Waals surface area contributed by atoms with Gasteiger partial charge in [-0.25, -0.2) is 4.79 Å². The van der Waals surface area contributed by atoms with Gasteiger partial charge in [0.25, 0.3) is 5.91 Å². The molecule has 1 aliphatic rings. The fourth-order valence-corrected chi connectivity index (χ4v) is 3.69. The highest BCUT2D eigenvalue weighted by atomic mass is 19.4. The Labute approximate surface area is 192 Å². The first kappa shape index (κ1) is 25.0. The third kappa shape index (κ3) is 6.47. The zero-order valence-corrected chi connectivity index (χ0v) is 18.6. The summed E-state index contributed by atoms with van der Waals surface area (Å²) in [4.78, 5) is 23.3. The molecule has 0 spiro atoms. The summed E-state index contributed by atoms with van der Waals surface area (Å²) in [6.07, 6.45) is -0.923. The van der Waals surface area contributed by atoms with Crippen LogP contribution >= 0.6 is 0 Å². The van der Waals surface area contributed by atoms with E-state index in [0.717, 1.165) is 31.7 Å². The molecule has 3 aromatic heterocycles. The molecule has 1 aliphatic heterocycles. The third-order valence-electron chi connectivity index (χ3n) is 5.19. The van der Waals surface area contributed by atoms with Gasteiger partial charge in [0.1, 0.15) is 0 Å². The number of fused-ring (bicyclic) bond motifs is 1. The van der Waals surface area contributed by atoms with E-state index in [0.29, 0.717) is 12.3 Å². The van der Waals surface area contributed by atoms with E-state index in [1.807, 2.05) is 24.9 Å². The van der Waals surface area contributed by atoms with Crippen LogP contribution < -0.4 is 5.32 Å². The first-order chi connectivity index (χ1) is 16.0. The number of aromatic nitrogens is 4. The van der Waals surface area contributed by atoms with E-state index in [4.69, 9.17) is 14.3 Å². The highest BCUT2D eigenvalue weighted by Gasteiger charge is 2.38. The number of rotatable bonds is 6. The molecule has 10 nitrogen and oxygen atoms in total. The van der Waals surface area contributed by atoms with E-state index in [2.05, 4.69) is 37.2 Å². The summed E-state index contributed by atoms with van der Waals surface area (Å²) in [5.41, 5.74) is 3.43. The molecule has 184 valence electrons. The van der Waals surface area contributed by atoms with Crippen LogP contribution in [0.2, 0.25) is 0 Å². The average molecular weight is 482 g/mol. The predicted molar refractivity (Wildman–Crippen MR) is 113 cm³/mol. The van der Waals surface area contributed by atoms with Crippen molar-refractivity contribution in [1.82, 2.24) is 29.8 Å². The minimum atomic E-state index is -5.08. The molecule has 1 atom stereocenters. The van der Waals surface area contributed by atoms with Crippen LogP contribution in [-0.2, 0) is 24.9 Å². The standard InChI is InChI=1S/C19H24N6O2.C2HF3O2/c1-14-10-17(23(2)22-14)13-24-11-15(25-16(12-24)6-8-21-25)5-7-20-19(26)18-4-3-9-27-18;3-2(4,5)1(6)7/h3-4,6,8-10,15H,5,7,11-13H2,1-2H3,(H,20,26);(H,6,7). The largest absolute Gasteiger partial charge is 0.490 e. The fourth-order valence-electron chi connectivity index (χ4n) is 3.69. The number of halogens is 3. The molecule has 4 rings (SSSR count). The van der Waals surface area contributed by atoms with E-state index < -0.39 is 12.1 Å². The molecular formula is C21H25F3N6O4. The van der Waals surface area contributed by atoms with Gasteiger partial charge in [-0.1, -0.05) is 0 Å². The molecule has 0 radical (unpaired) electrons. The highest BCUT2D eigenvalue weighted by Crippen LogP contribution is 2.24. The summed E-state index contributed by atoms with van der Waals surface area (Å²) in [5.74, 6) is -2.60. The van der Waals surface area contributed by atoms with Crippen molar-refractivity contribution >= 4 is 11.9 Å². The number of nitrogens with zero attached hydrogens (tertiary/aromatic N) is 5. The maximum absolute atomic E-state index is 12.0. The second-order valence-corrected chi connectivity index (χ2v) is 7.82. The lowest BCUT2D eigenvalue weighted by Crippen LogP contribution is -2.39. The smallest absolute Gasteiger partial charge is 0.475 e. The van der Waals surface area contributed by atoms with Crippen LogP contribution in [0.3, 0.4) is 0 Å². The molecule has 3 aromatic rings. The minimum absolute atomic E-state index is 0.182. The summed E-state index contributed by atoms with van der Waals surface area (Å²) >= 11 is 0. The monoisotopic (exact) mass is 482 g/mol. The van der Waals surface area contributed by atoms with Crippen LogP contribution in [0.25, 0.3) is 0 Å². The number of carboxylic acid groups (broad SMARTS) is 1. The molecule has 0 saturated carbocycles. The van der Waals surface area contributed by atoms with Crippen molar-refractivity contribution in [3.63, 3.8) is 0 Å². The lowest BCUT2D eigenvalue weighted by atomic mass is 10.1. The summed E-state index contributed by atoms with van der Waals surface area (Å²) in [6.45, 7) is 5.17. The molecular weight excluding hydrogens is 457 g/mol. The molecule has 4 heterocycles. The van der Waals surface area contributed by atoms with Gasteiger partial charge in [0.15, 0.2) is 5.76 Å². The van der Waals surface area contributed by atoms with Crippen LogP contribution in [0.4, 0.5) is 13.2 Å². The van der Waals surface area contributed by atoms with Gasteiger partial charge in [0.2, 0.25) is 0 Å². The van der Waals surface area contributed by atoms with Gasteiger partial charge in [-0.3, -0.25) is 19.1 Å². The Balaban J connectivity index is 0.000000406. The van der Waals surface area contributed by atoms with E-state index in [1.54, 1.807) is 12.1 Å². The zero-order valence-electron chi connectivity index (χ0n) is 18.6. The highest BCUT2D eigenvalue weighted by molar-refractivity contribution is 5.91. The van der Waals surface area contributed by atoms with Gasteiger partial charge in [-0.15, -0.1) is 0 Å². The molecule has 0 aliphatic carbocycles. The molecule has 34 heavy (non-hydrogen) atoms. The summed E-state index contributed by atoms with van der Waals surface area (Å²) in [6, 6.07) is 7.79. The molecule has 0 saturated heterocycles. The van der Waals surface area contributed by atoms with Crippen molar-refractivity contribution in [1.29, 1.82) is 0 Å². The maximum Gasteiger partial charge on any atom is 0.490 e. The Morgan fingerprint density at radius 2 is 2.06 bits per heavy atom. The molecule has 13 heteroatoms. The van der Waals surface area contributed by atoms with E-state index in [1.165, 1.54) is 17.7 Å². The Morgan fingerprint density at radius 3 is 2.65 bits per heavy atom. The zero-order chi connectivity index (χ0) is 24.9. The second-order valence-electron chi connectivity index (χ2n) is 7.82. The Kier molecular flexibility index (Phi) is 7.76. The van der Waals surface area contributed by atoms with Crippen molar-refractivity contribution < 1.29 is 32.3 Å². The van der Waals surface area contributed by atoms with E-state index in [-0.39, 0.29) is 11.9 Å². The number of hydrogen-bond acceptors (Lipinski definition) is 6. The van der Waals surface area contributed by atoms with Crippen molar-refractivity contribution in [3.8, 4) is 0 Å². The van der Waals surface area contributed by atoms with Gasteiger partial charge < -0.3 is 14.8 Å². The van der Waals surface area contributed by atoms with Gasteiger partial charge in [0.05, 0.1) is 29.4 Å². The topological polar surface area (TPSA) is 118 Å². The van der Waals surface area contributed by atoms with Crippen LogP contribution in [-0.4, -0.2) is 60.7 Å². The number of aryl methyl sites for hydroxylation is 2. The van der Waals surface area contributed by atoms with Gasteiger partial charge in [0, 0.05) is 39.4 Å². The van der Waals surface area contributed by atoms with Crippen LogP contribution in [0.15, 0.2) is 41.1 Å². The Bertz CT molecular complexity index is 1110. The average Bonchev–Trinajstić information content (AvgIpc) is 3.50. The molecule has 1 amide bonds. The SMILES string of the molecule is Cc1cc(CN2Cc3ccnn3C(CCNC(=O)c3ccco3)C2)n(C)n1.O=C(O)C(F)(F)F. The number of hydrogen-bond donors (Lipinski definition) is 2. The quantitative estimate of drug-likeness (QED) is 0.554. The van der Waals surface area contributed by atoms with Crippen molar-refractivity contribution in [3.05, 3.63) is 59.6 Å². The van der Waals surface area contributed by atoms with Crippen molar-refractivity contribution in [2.45, 2.75) is 38.7 Å². The first-order valence-electron chi connectivity index (χ1n) is 10.4.